The molecule has 0 aliphatic heterocycles. The molecule has 4 heteroatoms. The number of hydrogen-bond donors (Lipinski definition) is 0. The number of hydrogen-bond acceptors (Lipinski definition) is 3. The first-order chi connectivity index (χ1) is 8.17. The van der Waals surface area contributed by atoms with Gasteiger partial charge in [-0.05, 0) is 29.9 Å². The Morgan fingerprint density at radius 1 is 1.29 bits per heavy atom. The van der Waals surface area contributed by atoms with Crippen LogP contribution in [-0.4, -0.2) is 9.91 Å². The Labute approximate surface area is 99.4 Å². The van der Waals surface area contributed by atoms with E-state index in [0.717, 1.165) is 34.9 Å². The Morgan fingerprint density at radius 2 is 2.06 bits per heavy atom. The lowest BCUT2D eigenvalue weighted by Crippen LogP contribution is -1.97. The minimum absolute atomic E-state index is 0.139. The van der Waals surface area contributed by atoms with E-state index in [1.54, 1.807) is 18.3 Å². The highest BCUT2D eigenvalue weighted by Crippen LogP contribution is 2.25. The number of aryl methyl sites for hydroxylation is 2. The van der Waals surface area contributed by atoms with E-state index in [9.17, 15) is 10.1 Å². The quantitative estimate of drug-likeness (QED) is 0.600. The summed E-state index contributed by atoms with van der Waals surface area (Å²) in [5.41, 5.74) is 2.29. The number of fused-ring (bicyclic) bond motifs is 1. The number of non-ortho nitro benzene ring substituents is 1. The summed E-state index contributed by atoms with van der Waals surface area (Å²) >= 11 is 0. The van der Waals surface area contributed by atoms with E-state index in [2.05, 4.69) is 11.9 Å². The zero-order valence-electron chi connectivity index (χ0n) is 9.93. The standard InChI is InChI=1S/C13H14N2O2/c1-3-11-12-7-10(15(16)17)6-5-9(12)8-14-13(11)4-2/h5-8H,3-4H2,1-2H3. The fourth-order valence-corrected chi connectivity index (χ4v) is 2.11. The van der Waals surface area contributed by atoms with E-state index in [0.29, 0.717) is 0 Å². The van der Waals surface area contributed by atoms with Crippen molar-refractivity contribution in [3.05, 3.63) is 45.8 Å². The van der Waals surface area contributed by atoms with Crippen molar-refractivity contribution in [3.63, 3.8) is 0 Å². The monoisotopic (exact) mass is 230 g/mol. The van der Waals surface area contributed by atoms with E-state index in [1.807, 2.05) is 6.92 Å². The van der Waals surface area contributed by atoms with Gasteiger partial charge in [-0.3, -0.25) is 15.1 Å². The maximum atomic E-state index is 10.8. The summed E-state index contributed by atoms with van der Waals surface area (Å²) in [6, 6.07) is 4.93. The van der Waals surface area contributed by atoms with Crippen molar-refractivity contribution in [1.29, 1.82) is 0 Å². The largest absolute Gasteiger partial charge is 0.270 e. The Bertz CT molecular complexity index is 579. The van der Waals surface area contributed by atoms with Gasteiger partial charge in [-0.15, -0.1) is 0 Å². The van der Waals surface area contributed by atoms with E-state index in [-0.39, 0.29) is 10.6 Å². The molecule has 0 bridgehead atoms. The average molecular weight is 230 g/mol. The summed E-state index contributed by atoms with van der Waals surface area (Å²) in [4.78, 5) is 14.8. The molecule has 2 aromatic rings. The molecule has 0 aliphatic rings. The molecule has 1 aromatic carbocycles. The van der Waals surface area contributed by atoms with Crippen molar-refractivity contribution in [2.45, 2.75) is 26.7 Å². The summed E-state index contributed by atoms with van der Waals surface area (Å²) in [6.07, 6.45) is 3.48. The zero-order chi connectivity index (χ0) is 12.4. The van der Waals surface area contributed by atoms with E-state index in [1.165, 1.54) is 6.07 Å². The van der Waals surface area contributed by atoms with Gasteiger partial charge in [-0.2, -0.15) is 0 Å². The van der Waals surface area contributed by atoms with E-state index < -0.39 is 0 Å². The predicted octanol–water partition coefficient (Wildman–Crippen LogP) is 3.27. The molecule has 2 rings (SSSR count). The minimum atomic E-state index is -0.356. The molecule has 0 saturated heterocycles. The first kappa shape index (κ1) is 11.5. The summed E-state index contributed by atoms with van der Waals surface area (Å²) in [6.45, 7) is 4.10. The number of nitro groups is 1. The maximum absolute atomic E-state index is 10.8. The molecule has 0 fully saturated rings. The first-order valence-electron chi connectivity index (χ1n) is 5.72. The predicted molar refractivity (Wildman–Crippen MR) is 67.2 cm³/mol. The molecule has 0 spiro atoms. The number of aromatic nitrogens is 1. The first-order valence-corrected chi connectivity index (χ1v) is 5.72. The number of pyridine rings is 1. The third kappa shape index (κ3) is 1.98. The zero-order valence-corrected chi connectivity index (χ0v) is 9.93. The third-order valence-electron chi connectivity index (χ3n) is 2.97. The lowest BCUT2D eigenvalue weighted by molar-refractivity contribution is -0.384. The SMILES string of the molecule is CCc1ncc2ccc([N+](=O)[O-])cc2c1CC. The molecule has 1 heterocycles. The molecule has 17 heavy (non-hydrogen) atoms. The summed E-state index contributed by atoms with van der Waals surface area (Å²) < 4.78 is 0. The molecular weight excluding hydrogens is 216 g/mol. The molecule has 0 amide bonds. The second-order valence-corrected chi connectivity index (χ2v) is 3.92. The third-order valence-corrected chi connectivity index (χ3v) is 2.97. The molecular formula is C13H14N2O2. The van der Waals surface area contributed by atoms with Crippen LogP contribution in [0.15, 0.2) is 24.4 Å². The maximum Gasteiger partial charge on any atom is 0.270 e. The molecule has 1 aromatic heterocycles. The van der Waals surface area contributed by atoms with Gasteiger partial charge in [-0.25, -0.2) is 0 Å². The van der Waals surface area contributed by atoms with Crippen LogP contribution in [0.3, 0.4) is 0 Å². The van der Waals surface area contributed by atoms with Crippen molar-refractivity contribution >= 4 is 16.5 Å². The van der Waals surface area contributed by atoms with Gasteiger partial charge in [0.2, 0.25) is 0 Å². The van der Waals surface area contributed by atoms with Crippen molar-refractivity contribution in [2.75, 3.05) is 0 Å². The van der Waals surface area contributed by atoms with Crippen LogP contribution in [-0.2, 0) is 12.8 Å². The smallest absolute Gasteiger partial charge is 0.260 e. The Hall–Kier alpha value is -1.97. The van der Waals surface area contributed by atoms with Gasteiger partial charge in [0.25, 0.3) is 5.69 Å². The van der Waals surface area contributed by atoms with Gasteiger partial charge in [0.1, 0.15) is 0 Å². The van der Waals surface area contributed by atoms with Crippen molar-refractivity contribution in [3.8, 4) is 0 Å². The van der Waals surface area contributed by atoms with Gasteiger partial charge in [0.15, 0.2) is 0 Å². The van der Waals surface area contributed by atoms with Crippen LogP contribution in [0.1, 0.15) is 25.1 Å². The van der Waals surface area contributed by atoms with Gasteiger partial charge in [0.05, 0.1) is 4.92 Å². The van der Waals surface area contributed by atoms with Crippen LogP contribution in [0.25, 0.3) is 10.8 Å². The van der Waals surface area contributed by atoms with E-state index in [4.69, 9.17) is 0 Å². The normalized spacial score (nSPS) is 10.7. The van der Waals surface area contributed by atoms with Crippen LogP contribution < -0.4 is 0 Å². The highest BCUT2D eigenvalue weighted by molar-refractivity contribution is 5.87. The van der Waals surface area contributed by atoms with Crippen molar-refractivity contribution in [1.82, 2.24) is 4.98 Å². The summed E-state index contributed by atoms with van der Waals surface area (Å²) in [7, 11) is 0. The molecule has 0 aliphatic carbocycles. The number of rotatable bonds is 3. The molecule has 0 atom stereocenters. The highest BCUT2D eigenvalue weighted by atomic mass is 16.6. The topological polar surface area (TPSA) is 56.0 Å². The van der Waals surface area contributed by atoms with Crippen LogP contribution in [0, 0.1) is 10.1 Å². The van der Waals surface area contributed by atoms with Crippen LogP contribution in [0.5, 0.6) is 0 Å². The molecule has 0 N–H and O–H groups in total. The Kier molecular flexibility index (Phi) is 3.04. The summed E-state index contributed by atoms with van der Waals surface area (Å²) in [5.74, 6) is 0. The molecule has 4 nitrogen and oxygen atoms in total. The van der Waals surface area contributed by atoms with Crippen LogP contribution in [0.2, 0.25) is 0 Å². The van der Waals surface area contributed by atoms with Gasteiger partial charge in [-0.1, -0.05) is 13.8 Å². The van der Waals surface area contributed by atoms with Crippen molar-refractivity contribution < 1.29 is 4.92 Å². The number of benzene rings is 1. The van der Waals surface area contributed by atoms with Gasteiger partial charge < -0.3 is 0 Å². The molecule has 0 saturated carbocycles. The highest BCUT2D eigenvalue weighted by Gasteiger charge is 2.11. The van der Waals surface area contributed by atoms with Crippen LogP contribution >= 0.6 is 0 Å². The average Bonchev–Trinajstić information content (AvgIpc) is 2.36. The number of nitro benzene ring substituents is 1. The van der Waals surface area contributed by atoms with E-state index >= 15 is 0 Å². The Balaban J connectivity index is 2.75. The van der Waals surface area contributed by atoms with Gasteiger partial charge in [0, 0.05) is 29.4 Å². The number of nitrogens with zero attached hydrogens (tertiary/aromatic N) is 2. The van der Waals surface area contributed by atoms with Crippen molar-refractivity contribution in [2.24, 2.45) is 0 Å². The minimum Gasteiger partial charge on any atom is -0.260 e. The van der Waals surface area contributed by atoms with Gasteiger partial charge >= 0.3 is 0 Å². The fourth-order valence-electron chi connectivity index (χ4n) is 2.11. The summed E-state index contributed by atoms with van der Waals surface area (Å²) in [5, 5.41) is 12.7. The second-order valence-electron chi connectivity index (χ2n) is 3.92. The fraction of sp³-hybridized carbons (Fsp3) is 0.308. The lowest BCUT2D eigenvalue weighted by Gasteiger charge is -2.08. The second kappa shape index (κ2) is 4.49. The van der Waals surface area contributed by atoms with Crippen LogP contribution in [0.4, 0.5) is 5.69 Å². The lowest BCUT2D eigenvalue weighted by atomic mass is 10.0. The Morgan fingerprint density at radius 3 is 2.65 bits per heavy atom. The molecule has 0 radical (unpaired) electrons. The molecule has 88 valence electrons. The molecule has 0 unspecified atom stereocenters.